The van der Waals surface area contributed by atoms with E-state index in [1.54, 1.807) is 24.3 Å². The SMILES string of the molecule is CCCNC(=O)c1nn2c(c1Cl)N[C@@H](c1ccc(Cl)cc1)C[C@H]2C(F)(F)F. The Balaban J connectivity index is 2.01. The first-order valence-electron chi connectivity index (χ1n) is 8.37. The number of amides is 1. The van der Waals surface area contributed by atoms with E-state index in [4.69, 9.17) is 23.2 Å². The maximum atomic E-state index is 13.7. The van der Waals surface area contributed by atoms with Crippen LogP contribution in [0.15, 0.2) is 24.3 Å². The molecule has 27 heavy (non-hydrogen) atoms. The molecular weight excluding hydrogens is 404 g/mol. The van der Waals surface area contributed by atoms with Crippen LogP contribution in [-0.4, -0.2) is 28.4 Å². The minimum Gasteiger partial charge on any atom is -0.362 e. The number of nitrogens with zero attached hydrogens (tertiary/aromatic N) is 2. The zero-order chi connectivity index (χ0) is 19.8. The van der Waals surface area contributed by atoms with Gasteiger partial charge in [0.1, 0.15) is 10.8 Å². The quantitative estimate of drug-likeness (QED) is 0.732. The van der Waals surface area contributed by atoms with E-state index in [1.165, 1.54) is 0 Å². The van der Waals surface area contributed by atoms with Gasteiger partial charge in [-0.25, -0.2) is 4.68 Å². The summed E-state index contributed by atoms with van der Waals surface area (Å²) in [6, 6.07) is 3.97. The molecule has 1 aliphatic rings. The summed E-state index contributed by atoms with van der Waals surface area (Å²) in [5, 5.41) is 9.78. The van der Waals surface area contributed by atoms with E-state index in [2.05, 4.69) is 15.7 Å². The van der Waals surface area contributed by atoms with Gasteiger partial charge in [-0.05, 0) is 24.1 Å². The summed E-state index contributed by atoms with van der Waals surface area (Å²) in [5.41, 5.74) is 0.410. The molecule has 2 N–H and O–H groups in total. The van der Waals surface area contributed by atoms with Gasteiger partial charge in [-0.1, -0.05) is 42.3 Å². The van der Waals surface area contributed by atoms with Crippen molar-refractivity contribution in [1.29, 1.82) is 0 Å². The van der Waals surface area contributed by atoms with Gasteiger partial charge < -0.3 is 10.6 Å². The fraction of sp³-hybridized carbons (Fsp3) is 0.412. The molecule has 2 atom stereocenters. The second-order valence-corrected chi connectivity index (χ2v) is 7.07. The monoisotopic (exact) mass is 420 g/mol. The molecule has 0 radical (unpaired) electrons. The topological polar surface area (TPSA) is 59.0 Å². The van der Waals surface area contributed by atoms with Gasteiger partial charge in [0, 0.05) is 18.0 Å². The summed E-state index contributed by atoms with van der Waals surface area (Å²) < 4.78 is 41.8. The Morgan fingerprint density at radius 3 is 2.59 bits per heavy atom. The van der Waals surface area contributed by atoms with Crippen LogP contribution in [0.2, 0.25) is 10.0 Å². The van der Waals surface area contributed by atoms with Gasteiger partial charge in [0.25, 0.3) is 5.91 Å². The molecule has 0 saturated carbocycles. The van der Waals surface area contributed by atoms with Crippen molar-refractivity contribution in [2.75, 3.05) is 11.9 Å². The van der Waals surface area contributed by atoms with Crippen LogP contribution in [0.25, 0.3) is 0 Å². The third kappa shape index (κ3) is 4.01. The average Bonchev–Trinajstić information content (AvgIpc) is 2.95. The average molecular weight is 421 g/mol. The van der Waals surface area contributed by atoms with Crippen molar-refractivity contribution < 1.29 is 18.0 Å². The number of hydrogen-bond donors (Lipinski definition) is 2. The van der Waals surface area contributed by atoms with Crippen LogP contribution < -0.4 is 10.6 Å². The third-order valence-corrected chi connectivity index (χ3v) is 4.93. The van der Waals surface area contributed by atoms with Crippen LogP contribution in [0.5, 0.6) is 0 Å². The van der Waals surface area contributed by atoms with Crippen molar-refractivity contribution in [3.63, 3.8) is 0 Å². The molecule has 0 spiro atoms. The molecule has 1 aromatic carbocycles. The lowest BCUT2D eigenvalue weighted by molar-refractivity contribution is -0.173. The van der Waals surface area contributed by atoms with Crippen LogP contribution in [0.3, 0.4) is 0 Å². The predicted octanol–water partition coefficient (Wildman–Crippen LogP) is 4.99. The number of nitrogens with one attached hydrogen (secondary N) is 2. The Kier molecular flexibility index (Phi) is 5.58. The lowest BCUT2D eigenvalue weighted by atomic mass is 9.97. The van der Waals surface area contributed by atoms with E-state index in [9.17, 15) is 18.0 Å². The van der Waals surface area contributed by atoms with Crippen molar-refractivity contribution >= 4 is 34.9 Å². The fourth-order valence-electron chi connectivity index (χ4n) is 2.97. The number of carbonyl (C=O) groups excluding carboxylic acids is 1. The summed E-state index contributed by atoms with van der Waals surface area (Å²) in [4.78, 5) is 12.2. The lowest BCUT2D eigenvalue weighted by Crippen LogP contribution is -2.36. The molecule has 0 fully saturated rings. The van der Waals surface area contributed by atoms with Crippen molar-refractivity contribution in [1.82, 2.24) is 15.1 Å². The summed E-state index contributed by atoms with van der Waals surface area (Å²) in [7, 11) is 0. The summed E-state index contributed by atoms with van der Waals surface area (Å²) in [5.74, 6) is -0.624. The molecule has 2 aromatic rings. The molecule has 0 bridgehead atoms. The Hall–Kier alpha value is -1.93. The summed E-state index contributed by atoms with van der Waals surface area (Å²) >= 11 is 12.1. The van der Waals surface area contributed by atoms with E-state index in [0.717, 1.165) is 4.68 Å². The molecule has 3 rings (SSSR count). The highest BCUT2D eigenvalue weighted by Gasteiger charge is 2.47. The van der Waals surface area contributed by atoms with Gasteiger partial charge in [0.15, 0.2) is 11.7 Å². The van der Waals surface area contributed by atoms with Gasteiger partial charge >= 0.3 is 6.18 Å². The fourth-order valence-corrected chi connectivity index (χ4v) is 3.36. The molecular formula is C17H17Cl2F3N4O. The first-order chi connectivity index (χ1) is 12.7. The smallest absolute Gasteiger partial charge is 0.362 e. The van der Waals surface area contributed by atoms with Gasteiger partial charge in [-0.15, -0.1) is 0 Å². The van der Waals surface area contributed by atoms with E-state index in [-0.39, 0.29) is 23.0 Å². The number of rotatable bonds is 4. The first-order valence-corrected chi connectivity index (χ1v) is 9.12. The lowest BCUT2D eigenvalue weighted by Gasteiger charge is -2.33. The van der Waals surface area contributed by atoms with Gasteiger partial charge in [-0.2, -0.15) is 18.3 Å². The molecule has 1 aromatic heterocycles. The number of benzene rings is 1. The number of aromatic nitrogens is 2. The zero-order valence-corrected chi connectivity index (χ0v) is 15.8. The van der Waals surface area contributed by atoms with Crippen molar-refractivity contribution in [2.24, 2.45) is 0 Å². The standard InChI is InChI=1S/C17H17Cl2F3N4O/c1-2-7-23-16(27)14-13(19)15-24-11(9-3-5-10(18)6-4-9)8-12(17(20,21)22)26(15)25-14/h3-6,11-12,24H,2,7-8H2,1H3,(H,23,27)/t11-,12+/m1/s1. The molecule has 0 saturated heterocycles. The van der Waals surface area contributed by atoms with Crippen LogP contribution in [0.1, 0.15) is 47.9 Å². The third-order valence-electron chi connectivity index (χ3n) is 4.32. The maximum absolute atomic E-state index is 13.7. The van der Waals surface area contributed by atoms with Gasteiger partial charge in [0.2, 0.25) is 0 Å². The Labute approximate surface area is 163 Å². The highest BCUT2D eigenvalue weighted by atomic mass is 35.5. The Morgan fingerprint density at radius 1 is 1.33 bits per heavy atom. The second-order valence-electron chi connectivity index (χ2n) is 6.25. The van der Waals surface area contributed by atoms with Crippen molar-refractivity contribution in [2.45, 2.75) is 38.0 Å². The highest BCUT2D eigenvalue weighted by molar-refractivity contribution is 6.36. The molecule has 1 aliphatic heterocycles. The predicted molar refractivity (Wildman–Crippen MR) is 97.4 cm³/mol. The Morgan fingerprint density at radius 2 is 2.00 bits per heavy atom. The van der Waals surface area contributed by atoms with Gasteiger partial charge in [-0.3, -0.25) is 4.79 Å². The van der Waals surface area contributed by atoms with Crippen LogP contribution >= 0.6 is 23.2 Å². The van der Waals surface area contributed by atoms with Gasteiger partial charge in [0.05, 0.1) is 6.04 Å². The van der Waals surface area contributed by atoms with Crippen LogP contribution in [0.4, 0.5) is 19.0 Å². The van der Waals surface area contributed by atoms with Crippen molar-refractivity contribution in [3.8, 4) is 0 Å². The first kappa shape index (κ1) is 19.8. The largest absolute Gasteiger partial charge is 0.410 e. The molecule has 10 heteroatoms. The number of anilines is 1. The van der Waals surface area contributed by atoms with Crippen molar-refractivity contribution in [3.05, 3.63) is 45.6 Å². The second kappa shape index (κ2) is 7.59. The molecule has 146 valence electrons. The number of halogens is 5. The summed E-state index contributed by atoms with van der Waals surface area (Å²) in [6.45, 7) is 2.24. The normalized spacial score (nSPS) is 19.3. The molecule has 2 heterocycles. The highest BCUT2D eigenvalue weighted by Crippen LogP contribution is 2.46. The Bertz CT molecular complexity index is 836. The maximum Gasteiger partial charge on any atom is 0.410 e. The number of alkyl halides is 3. The minimum atomic E-state index is -4.55. The van der Waals surface area contributed by atoms with E-state index in [0.29, 0.717) is 23.6 Å². The van der Waals surface area contributed by atoms with E-state index < -0.39 is 24.2 Å². The number of hydrogen-bond acceptors (Lipinski definition) is 3. The minimum absolute atomic E-state index is 0.0214. The van der Waals surface area contributed by atoms with Crippen LogP contribution in [0, 0.1) is 0 Å². The summed E-state index contributed by atoms with van der Waals surface area (Å²) in [6.07, 6.45) is -4.15. The molecule has 0 aliphatic carbocycles. The zero-order valence-electron chi connectivity index (χ0n) is 14.3. The number of fused-ring (bicyclic) bond motifs is 1. The molecule has 5 nitrogen and oxygen atoms in total. The number of carbonyl (C=O) groups is 1. The van der Waals surface area contributed by atoms with E-state index in [1.807, 2.05) is 6.92 Å². The molecule has 1 amide bonds. The van der Waals surface area contributed by atoms with Crippen LogP contribution in [-0.2, 0) is 0 Å². The molecule has 0 unspecified atom stereocenters. The van der Waals surface area contributed by atoms with E-state index >= 15 is 0 Å².